The number of nitrogens with one attached hydrogen (secondary N) is 1. The van der Waals surface area contributed by atoms with E-state index in [-0.39, 0.29) is 0 Å². The van der Waals surface area contributed by atoms with Gasteiger partial charge in [-0.15, -0.1) is 0 Å². The van der Waals surface area contributed by atoms with Crippen molar-refractivity contribution in [2.24, 2.45) is 0 Å². The SMILES string of the molecule is CC1NCCc2cc(Cl)cc(Cl)c21. The number of hydrogen-bond donors (Lipinski definition) is 1. The summed E-state index contributed by atoms with van der Waals surface area (Å²) >= 11 is 12.0. The monoisotopic (exact) mass is 215 g/mol. The smallest absolute Gasteiger partial charge is 0.0471 e. The molecule has 1 atom stereocenters. The first-order chi connectivity index (χ1) is 6.18. The molecule has 1 nitrogen and oxygen atoms in total. The molecule has 0 spiro atoms. The Labute approximate surface area is 88.0 Å². The fourth-order valence-electron chi connectivity index (χ4n) is 1.86. The molecule has 0 saturated carbocycles. The van der Waals surface area contributed by atoms with Crippen LogP contribution in [0.1, 0.15) is 24.1 Å². The molecule has 1 aliphatic heterocycles. The van der Waals surface area contributed by atoms with Crippen molar-refractivity contribution in [3.8, 4) is 0 Å². The summed E-state index contributed by atoms with van der Waals surface area (Å²) in [7, 11) is 0. The molecule has 0 aliphatic carbocycles. The van der Waals surface area contributed by atoms with E-state index in [4.69, 9.17) is 23.2 Å². The molecule has 0 bridgehead atoms. The lowest BCUT2D eigenvalue weighted by Crippen LogP contribution is -2.28. The van der Waals surface area contributed by atoms with Crippen molar-refractivity contribution in [2.45, 2.75) is 19.4 Å². The van der Waals surface area contributed by atoms with Gasteiger partial charge < -0.3 is 5.32 Å². The summed E-state index contributed by atoms with van der Waals surface area (Å²) in [5.74, 6) is 0. The largest absolute Gasteiger partial charge is 0.310 e. The summed E-state index contributed by atoms with van der Waals surface area (Å²) in [6.07, 6.45) is 1.01. The Hall–Kier alpha value is -0.240. The molecule has 0 aromatic heterocycles. The highest BCUT2D eigenvalue weighted by Crippen LogP contribution is 2.32. The van der Waals surface area contributed by atoms with Crippen molar-refractivity contribution in [1.29, 1.82) is 0 Å². The first kappa shape index (κ1) is 9.32. The van der Waals surface area contributed by atoms with Crippen molar-refractivity contribution in [2.75, 3.05) is 6.54 Å². The quantitative estimate of drug-likeness (QED) is 0.702. The van der Waals surface area contributed by atoms with Crippen LogP contribution in [-0.4, -0.2) is 6.54 Å². The van der Waals surface area contributed by atoms with E-state index in [1.165, 1.54) is 11.1 Å². The Morgan fingerprint density at radius 2 is 2.15 bits per heavy atom. The van der Waals surface area contributed by atoms with Crippen LogP contribution in [0.2, 0.25) is 10.0 Å². The van der Waals surface area contributed by atoms with Crippen LogP contribution >= 0.6 is 23.2 Å². The summed E-state index contributed by atoms with van der Waals surface area (Å²) < 4.78 is 0. The molecule has 1 aliphatic rings. The summed E-state index contributed by atoms with van der Waals surface area (Å²) in [6, 6.07) is 4.17. The molecule has 2 rings (SSSR count). The van der Waals surface area contributed by atoms with E-state index in [0.717, 1.165) is 23.0 Å². The summed E-state index contributed by atoms with van der Waals surface area (Å²) in [5, 5.41) is 4.88. The summed E-state index contributed by atoms with van der Waals surface area (Å²) in [6.45, 7) is 3.13. The number of benzene rings is 1. The van der Waals surface area contributed by atoms with Gasteiger partial charge in [-0.1, -0.05) is 23.2 Å². The van der Waals surface area contributed by atoms with Crippen molar-refractivity contribution in [3.63, 3.8) is 0 Å². The number of fused-ring (bicyclic) bond motifs is 1. The lowest BCUT2D eigenvalue weighted by Gasteiger charge is -2.25. The number of hydrogen-bond acceptors (Lipinski definition) is 1. The normalized spacial score (nSPS) is 21.3. The predicted octanol–water partition coefficient (Wildman–Crippen LogP) is 3.20. The minimum absolute atomic E-state index is 0.341. The van der Waals surface area contributed by atoms with Crippen LogP contribution < -0.4 is 5.32 Å². The van der Waals surface area contributed by atoms with Crippen molar-refractivity contribution >= 4 is 23.2 Å². The maximum atomic E-state index is 6.12. The van der Waals surface area contributed by atoms with Gasteiger partial charge in [-0.25, -0.2) is 0 Å². The molecule has 0 amide bonds. The molecule has 1 aromatic rings. The average molecular weight is 216 g/mol. The molecule has 1 heterocycles. The molecule has 70 valence electrons. The fraction of sp³-hybridized carbons (Fsp3) is 0.400. The van der Waals surface area contributed by atoms with E-state index in [2.05, 4.69) is 12.2 Å². The van der Waals surface area contributed by atoms with Crippen LogP contribution in [0.15, 0.2) is 12.1 Å². The van der Waals surface area contributed by atoms with Gasteiger partial charge in [-0.05, 0) is 43.1 Å². The third-order valence-corrected chi connectivity index (χ3v) is 2.99. The fourth-order valence-corrected chi connectivity index (χ4v) is 2.55. The predicted molar refractivity (Wildman–Crippen MR) is 56.6 cm³/mol. The molecule has 0 saturated heterocycles. The Balaban J connectivity index is 2.56. The van der Waals surface area contributed by atoms with Crippen LogP contribution in [-0.2, 0) is 6.42 Å². The maximum Gasteiger partial charge on any atom is 0.0471 e. The van der Waals surface area contributed by atoms with Crippen LogP contribution in [0.4, 0.5) is 0 Å². The van der Waals surface area contributed by atoms with Gasteiger partial charge in [0.15, 0.2) is 0 Å². The topological polar surface area (TPSA) is 12.0 Å². The molecule has 1 aromatic carbocycles. The highest BCUT2D eigenvalue weighted by molar-refractivity contribution is 6.35. The van der Waals surface area contributed by atoms with E-state index >= 15 is 0 Å². The van der Waals surface area contributed by atoms with Gasteiger partial charge in [0.05, 0.1) is 0 Å². The van der Waals surface area contributed by atoms with Crippen LogP contribution in [0.25, 0.3) is 0 Å². The van der Waals surface area contributed by atoms with Crippen LogP contribution in [0, 0.1) is 0 Å². The minimum atomic E-state index is 0.341. The van der Waals surface area contributed by atoms with Gasteiger partial charge in [0.2, 0.25) is 0 Å². The van der Waals surface area contributed by atoms with Gasteiger partial charge in [0, 0.05) is 16.1 Å². The maximum absolute atomic E-state index is 6.12. The third-order valence-electron chi connectivity index (χ3n) is 2.46. The molecule has 3 heteroatoms. The average Bonchev–Trinajstić information content (AvgIpc) is 2.02. The van der Waals surface area contributed by atoms with Gasteiger partial charge >= 0.3 is 0 Å². The van der Waals surface area contributed by atoms with Gasteiger partial charge in [-0.3, -0.25) is 0 Å². The van der Waals surface area contributed by atoms with Crippen molar-refractivity contribution < 1.29 is 0 Å². The standard InChI is InChI=1S/C10H11Cl2N/c1-6-10-7(2-3-13-6)4-8(11)5-9(10)12/h4-6,13H,2-3H2,1H3. The van der Waals surface area contributed by atoms with E-state index in [1.807, 2.05) is 12.1 Å². The van der Waals surface area contributed by atoms with Crippen LogP contribution in [0.3, 0.4) is 0 Å². The molecule has 0 radical (unpaired) electrons. The second-order valence-electron chi connectivity index (χ2n) is 3.39. The van der Waals surface area contributed by atoms with E-state index in [1.54, 1.807) is 0 Å². The molecule has 13 heavy (non-hydrogen) atoms. The highest BCUT2D eigenvalue weighted by atomic mass is 35.5. The molecular formula is C10H11Cl2N. The van der Waals surface area contributed by atoms with Crippen LogP contribution in [0.5, 0.6) is 0 Å². The Kier molecular flexibility index (Phi) is 2.50. The lowest BCUT2D eigenvalue weighted by molar-refractivity contribution is 0.541. The molecule has 1 unspecified atom stereocenters. The molecular weight excluding hydrogens is 205 g/mol. The zero-order valence-corrected chi connectivity index (χ0v) is 8.91. The van der Waals surface area contributed by atoms with Gasteiger partial charge in [0.25, 0.3) is 0 Å². The first-order valence-corrected chi connectivity index (χ1v) is 5.15. The highest BCUT2D eigenvalue weighted by Gasteiger charge is 2.18. The van der Waals surface area contributed by atoms with E-state index < -0.39 is 0 Å². The number of rotatable bonds is 0. The summed E-state index contributed by atoms with van der Waals surface area (Å²) in [5.41, 5.74) is 2.49. The Bertz CT molecular complexity index is 336. The van der Waals surface area contributed by atoms with Crippen molar-refractivity contribution in [1.82, 2.24) is 5.32 Å². The minimum Gasteiger partial charge on any atom is -0.310 e. The second kappa shape index (κ2) is 3.49. The molecule has 0 fully saturated rings. The first-order valence-electron chi connectivity index (χ1n) is 4.39. The molecule has 1 N–H and O–H groups in total. The second-order valence-corrected chi connectivity index (χ2v) is 4.23. The van der Waals surface area contributed by atoms with Gasteiger partial charge in [-0.2, -0.15) is 0 Å². The van der Waals surface area contributed by atoms with Crippen molar-refractivity contribution in [3.05, 3.63) is 33.3 Å². The van der Waals surface area contributed by atoms with Gasteiger partial charge in [0.1, 0.15) is 0 Å². The van der Waals surface area contributed by atoms with E-state index in [0.29, 0.717) is 6.04 Å². The number of halogens is 2. The zero-order valence-electron chi connectivity index (χ0n) is 7.40. The Morgan fingerprint density at radius 3 is 2.92 bits per heavy atom. The van der Waals surface area contributed by atoms with E-state index in [9.17, 15) is 0 Å². The summed E-state index contributed by atoms with van der Waals surface area (Å²) in [4.78, 5) is 0. The third kappa shape index (κ3) is 1.69. The zero-order chi connectivity index (χ0) is 9.42. The lowest BCUT2D eigenvalue weighted by atomic mass is 9.95. The Morgan fingerprint density at radius 1 is 1.38 bits per heavy atom.